The van der Waals surface area contributed by atoms with Gasteiger partial charge in [-0.05, 0) is 26.1 Å². The van der Waals surface area contributed by atoms with Gasteiger partial charge in [-0.2, -0.15) is 13.2 Å². The van der Waals surface area contributed by atoms with Crippen LogP contribution in [0.25, 0.3) is 0 Å². The lowest BCUT2D eigenvalue weighted by atomic mass is 9.94. The molecule has 0 bridgehead atoms. The van der Waals surface area contributed by atoms with Gasteiger partial charge in [-0.1, -0.05) is 0 Å². The van der Waals surface area contributed by atoms with Crippen LogP contribution in [0, 0.1) is 18.8 Å². The molecule has 0 unspecified atom stereocenters. The number of amides is 1. The summed E-state index contributed by atoms with van der Waals surface area (Å²) in [6.07, 6.45) is -4.39. The van der Waals surface area contributed by atoms with Crippen molar-refractivity contribution in [2.45, 2.75) is 19.6 Å². The molecule has 136 valence electrons. The van der Waals surface area contributed by atoms with Crippen LogP contribution >= 0.6 is 0 Å². The molecule has 1 aliphatic rings. The summed E-state index contributed by atoms with van der Waals surface area (Å²) in [6.45, 7) is 2.34. The Morgan fingerprint density at radius 2 is 2.12 bits per heavy atom. The first-order chi connectivity index (χ1) is 11.2. The number of carbonyl (C=O) groups is 1. The molecule has 0 N–H and O–H groups in total. The molecule has 1 fully saturated rings. The molecule has 0 aliphatic carbocycles. The fraction of sp³-hybridized carbons (Fsp3) is 0.688. The minimum absolute atomic E-state index is 0.101. The molecule has 0 spiro atoms. The third kappa shape index (κ3) is 4.51. The van der Waals surface area contributed by atoms with E-state index in [-0.39, 0.29) is 32.8 Å². The molecule has 0 radical (unpaired) electrons. The van der Waals surface area contributed by atoms with E-state index >= 15 is 0 Å². The van der Waals surface area contributed by atoms with Gasteiger partial charge in [-0.3, -0.25) is 4.79 Å². The Labute approximate surface area is 139 Å². The van der Waals surface area contributed by atoms with Crippen LogP contribution in [0.3, 0.4) is 0 Å². The average Bonchev–Trinajstić information content (AvgIpc) is 3.08. The van der Waals surface area contributed by atoms with Gasteiger partial charge in [-0.25, -0.2) is 0 Å². The van der Waals surface area contributed by atoms with E-state index in [1.54, 1.807) is 31.0 Å². The number of methoxy groups -OCH3 is 1. The summed E-state index contributed by atoms with van der Waals surface area (Å²) in [7, 11) is 3.09. The lowest BCUT2D eigenvalue weighted by molar-refractivity contribution is -0.186. The van der Waals surface area contributed by atoms with Crippen molar-refractivity contribution < 1.29 is 27.1 Å². The first kappa shape index (κ1) is 18.8. The molecule has 5 nitrogen and oxygen atoms in total. The van der Waals surface area contributed by atoms with Crippen molar-refractivity contribution in [3.63, 3.8) is 0 Å². The normalized spacial score (nSPS) is 22.1. The van der Waals surface area contributed by atoms with E-state index in [2.05, 4.69) is 0 Å². The Morgan fingerprint density at radius 3 is 2.67 bits per heavy atom. The first-order valence-electron chi connectivity index (χ1n) is 7.80. The number of rotatable bonds is 6. The molecule has 0 aromatic carbocycles. The molecular formula is C16H23F3N2O3. The maximum atomic E-state index is 13.2. The van der Waals surface area contributed by atoms with Crippen LogP contribution in [0.15, 0.2) is 16.5 Å². The van der Waals surface area contributed by atoms with Crippen molar-refractivity contribution in [3.8, 4) is 0 Å². The van der Waals surface area contributed by atoms with Gasteiger partial charge in [0.15, 0.2) is 0 Å². The number of ether oxygens (including phenoxy) is 1. The van der Waals surface area contributed by atoms with Gasteiger partial charge in [-0.15, -0.1) is 0 Å². The molecule has 2 rings (SSSR count). The summed E-state index contributed by atoms with van der Waals surface area (Å²) in [6, 6.07) is 3.49. The van der Waals surface area contributed by atoms with Crippen LogP contribution in [-0.2, 0) is 16.1 Å². The highest BCUT2D eigenvalue weighted by molar-refractivity contribution is 5.80. The molecule has 8 heteroatoms. The number of aryl methyl sites for hydroxylation is 1. The molecule has 1 amide bonds. The van der Waals surface area contributed by atoms with Crippen LogP contribution in [0.2, 0.25) is 0 Å². The van der Waals surface area contributed by atoms with Crippen molar-refractivity contribution in [1.82, 2.24) is 9.80 Å². The highest BCUT2D eigenvalue weighted by atomic mass is 19.4. The van der Waals surface area contributed by atoms with Crippen LogP contribution in [0.4, 0.5) is 13.2 Å². The van der Waals surface area contributed by atoms with Crippen LogP contribution in [0.5, 0.6) is 0 Å². The monoisotopic (exact) mass is 348 g/mol. The summed E-state index contributed by atoms with van der Waals surface area (Å²) in [5.74, 6) is -2.00. The zero-order valence-corrected chi connectivity index (χ0v) is 14.1. The van der Waals surface area contributed by atoms with Crippen molar-refractivity contribution in [1.29, 1.82) is 0 Å². The number of hydrogen-bond acceptors (Lipinski definition) is 4. The predicted octanol–water partition coefficient (Wildman–Crippen LogP) is 2.30. The Hall–Kier alpha value is -1.54. The summed E-state index contributed by atoms with van der Waals surface area (Å²) in [5.41, 5.74) is 0. The molecular weight excluding hydrogens is 325 g/mol. The van der Waals surface area contributed by atoms with E-state index in [0.717, 1.165) is 0 Å². The summed E-state index contributed by atoms with van der Waals surface area (Å²) in [5, 5.41) is 0. The SMILES string of the molecule is COCCN(Cc1ccc(C)o1)C(=O)[C@@H]1CN(C)C[C@H]1C(F)(F)F. The molecule has 24 heavy (non-hydrogen) atoms. The second-order valence-corrected chi connectivity index (χ2v) is 6.24. The van der Waals surface area contributed by atoms with E-state index in [4.69, 9.17) is 9.15 Å². The highest BCUT2D eigenvalue weighted by Crippen LogP contribution is 2.38. The van der Waals surface area contributed by atoms with E-state index in [0.29, 0.717) is 11.5 Å². The second-order valence-electron chi connectivity index (χ2n) is 6.24. The topological polar surface area (TPSA) is 45.9 Å². The average molecular weight is 348 g/mol. The van der Waals surface area contributed by atoms with E-state index in [1.807, 2.05) is 0 Å². The van der Waals surface area contributed by atoms with Crippen LogP contribution in [-0.4, -0.2) is 62.3 Å². The number of alkyl halides is 3. The molecule has 0 saturated carbocycles. The van der Waals surface area contributed by atoms with E-state index in [1.165, 1.54) is 12.0 Å². The van der Waals surface area contributed by atoms with E-state index < -0.39 is 23.9 Å². The number of nitrogens with zero attached hydrogens (tertiary/aromatic N) is 2. The predicted molar refractivity (Wildman–Crippen MR) is 81.3 cm³/mol. The fourth-order valence-electron chi connectivity index (χ4n) is 3.04. The molecule has 2 heterocycles. The highest BCUT2D eigenvalue weighted by Gasteiger charge is 2.52. The van der Waals surface area contributed by atoms with Crippen LogP contribution < -0.4 is 0 Å². The summed E-state index contributed by atoms with van der Waals surface area (Å²) >= 11 is 0. The lowest BCUT2D eigenvalue weighted by Crippen LogP contribution is -2.43. The van der Waals surface area contributed by atoms with Gasteiger partial charge >= 0.3 is 6.18 Å². The second kappa shape index (κ2) is 7.57. The van der Waals surface area contributed by atoms with E-state index in [9.17, 15) is 18.0 Å². The number of carbonyl (C=O) groups excluding carboxylic acids is 1. The number of furan rings is 1. The molecule has 1 aromatic heterocycles. The maximum absolute atomic E-state index is 13.2. The Kier molecular flexibility index (Phi) is 5.92. The van der Waals surface area contributed by atoms with Crippen molar-refractivity contribution in [2.24, 2.45) is 11.8 Å². The van der Waals surface area contributed by atoms with Crippen molar-refractivity contribution in [2.75, 3.05) is 40.4 Å². The maximum Gasteiger partial charge on any atom is 0.393 e. The first-order valence-corrected chi connectivity index (χ1v) is 7.80. The Morgan fingerprint density at radius 1 is 1.42 bits per heavy atom. The zero-order valence-electron chi connectivity index (χ0n) is 14.1. The summed E-state index contributed by atoms with van der Waals surface area (Å²) < 4.78 is 50.2. The minimum Gasteiger partial charge on any atom is -0.464 e. The van der Waals surface area contributed by atoms with Gasteiger partial charge in [0.05, 0.1) is 25.0 Å². The molecule has 1 aliphatic heterocycles. The molecule has 2 atom stereocenters. The fourth-order valence-corrected chi connectivity index (χ4v) is 3.04. The minimum atomic E-state index is -4.39. The van der Waals surface area contributed by atoms with Gasteiger partial charge in [0.1, 0.15) is 11.5 Å². The Bertz CT molecular complexity index is 559. The number of halogens is 3. The van der Waals surface area contributed by atoms with Gasteiger partial charge in [0.2, 0.25) is 5.91 Å². The van der Waals surface area contributed by atoms with Gasteiger partial charge in [0.25, 0.3) is 0 Å². The largest absolute Gasteiger partial charge is 0.464 e. The van der Waals surface area contributed by atoms with Gasteiger partial charge in [0, 0.05) is 26.7 Å². The summed E-state index contributed by atoms with van der Waals surface area (Å²) in [4.78, 5) is 15.7. The standard InChI is InChI=1S/C16H23F3N2O3/c1-11-4-5-12(24-11)8-21(6-7-23-3)15(22)13-9-20(2)10-14(13)16(17,18)19/h4-5,13-14H,6-10H2,1-3H3/t13-,14-/m1/s1. The lowest BCUT2D eigenvalue weighted by Gasteiger charge is -2.28. The zero-order chi connectivity index (χ0) is 17.9. The van der Waals surface area contributed by atoms with Crippen LogP contribution in [0.1, 0.15) is 11.5 Å². The quantitative estimate of drug-likeness (QED) is 0.791. The number of likely N-dealkylation sites (tertiary alicyclic amines) is 1. The third-order valence-electron chi connectivity index (χ3n) is 4.26. The van der Waals surface area contributed by atoms with Crippen molar-refractivity contribution in [3.05, 3.63) is 23.7 Å². The third-order valence-corrected chi connectivity index (χ3v) is 4.26. The number of hydrogen-bond donors (Lipinski definition) is 0. The Balaban J connectivity index is 2.16. The smallest absolute Gasteiger partial charge is 0.393 e. The molecule has 1 saturated heterocycles. The van der Waals surface area contributed by atoms with Gasteiger partial charge < -0.3 is 19.0 Å². The van der Waals surface area contributed by atoms with Crippen molar-refractivity contribution >= 4 is 5.91 Å². The molecule has 1 aromatic rings.